The molecule has 16 heavy (non-hydrogen) atoms. The topological polar surface area (TPSA) is 35.8 Å². The van der Waals surface area contributed by atoms with Crippen molar-refractivity contribution in [3.05, 3.63) is 35.4 Å². The Morgan fingerprint density at radius 1 is 1.50 bits per heavy atom. The highest BCUT2D eigenvalue weighted by molar-refractivity contribution is 7.98. The third-order valence-electron chi connectivity index (χ3n) is 2.41. The Bertz CT molecular complexity index is 357. The average Bonchev–Trinajstić information content (AvgIpc) is 2.29. The molecule has 3 heteroatoms. The molecular weight excluding hydrogens is 216 g/mol. The molecular formula is C13H18N2S. The summed E-state index contributed by atoms with van der Waals surface area (Å²) in [6.45, 7) is 2.11. The Morgan fingerprint density at radius 2 is 2.31 bits per heavy atom. The molecule has 0 amide bonds. The molecule has 1 rings (SSSR count). The van der Waals surface area contributed by atoms with E-state index in [-0.39, 0.29) is 6.04 Å². The lowest BCUT2D eigenvalue weighted by atomic mass is 10.2. The highest BCUT2D eigenvalue weighted by atomic mass is 32.2. The quantitative estimate of drug-likeness (QED) is 0.769. The van der Waals surface area contributed by atoms with Crippen LogP contribution in [0.1, 0.15) is 17.5 Å². The van der Waals surface area contributed by atoms with Gasteiger partial charge in [-0.15, -0.1) is 0 Å². The van der Waals surface area contributed by atoms with Crippen LogP contribution in [0.2, 0.25) is 0 Å². The van der Waals surface area contributed by atoms with Gasteiger partial charge in [0, 0.05) is 5.75 Å². The second-order valence-electron chi connectivity index (χ2n) is 3.80. The fourth-order valence-electron chi connectivity index (χ4n) is 1.47. The minimum atomic E-state index is -0.00925. The second-order valence-corrected chi connectivity index (χ2v) is 4.91. The van der Waals surface area contributed by atoms with Crippen LogP contribution in [-0.4, -0.2) is 18.8 Å². The van der Waals surface area contributed by atoms with E-state index in [1.165, 1.54) is 11.1 Å². The Morgan fingerprint density at radius 3 is 2.94 bits per heavy atom. The smallest absolute Gasteiger partial charge is 0.0958 e. The zero-order valence-corrected chi connectivity index (χ0v) is 10.7. The van der Waals surface area contributed by atoms with Crippen molar-refractivity contribution in [1.82, 2.24) is 5.32 Å². The van der Waals surface area contributed by atoms with Crippen LogP contribution < -0.4 is 5.32 Å². The number of thioether (sulfide) groups is 1. The SMILES string of the molecule is CNC(C#N)CCSCc1cccc(C)c1. The van der Waals surface area contributed by atoms with Gasteiger partial charge in [0.2, 0.25) is 0 Å². The van der Waals surface area contributed by atoms with Crippen LogP contribution in [0, 0.1) is 18.3 Å². The third kappa shape index (κ3) is 4.69. The van der Waals surface area contributed by atoms with E-state index in [9.17, 15) is 0 Å². The Balaban J connectivity index is 2.24. The minimum Gasteiger partial charge on any atom is -0.305 e. The van der Waals surface area contributed by atoms with Crippen molar-refractivity contribution in [3.8, 4) is 6.07 Å². The molecule has 0 saturated carbocycles. The summed E-state index contributed by atoms with van der Waals surface area (Å²) in [6.07, 6.45) is 0.906. The van der Waals surface area contributed by atoms with Crippen molar-refractivity contribution in [1.29, 1.82) is 5.26 Å². The number of aryl methyl sites for hydroxylation is 1. The van der Waals surface area contributed by atoms with Crippen molar-refractivity contribution in [2.75, 3.05) is 12.8 Å². The monoisotopic (exact) mass is 234 g/mol. The fraction of sp³-hybridized carbons (Fsp3) is 0.462. The van der Waals surface area contributed by atoms with Gasteiger partial charge in [0.05, 0.1) is 12.1 Å². The Labute approximate surface area is 102 Å². The first-order valence-electron chi connectivity index (χ1n) is 5.46. The fourth-order valence-corrected chi connectivity index (χ4v) is 2.43. The number of hydrogen-bond acceptors (Lipinski definition) is 3. The molecule has 1 aromatic carbocycles. The van der Waals surface area contributed by atoms with Gasteiger partial charge < -0.3 is 5.32 Å². The molecule has 1 aromatic rings. The van der Waals surface area contributed by atoms with Crippen molar-refractivity contribution in [2.24, 2.45) is 0 Å². The average molecular weight is 234 g/mol. The first kappa shape index (κ1) is 13.1. The van der Waals surface area contributed by atoms with E-state index in [4.69, 9.17) is 5.26 Å². The zero-order chi connectivity index (χ0) is 11.8. The van der Waals surface area contributed by atoms with E-state index in [2.05, 4.69) is 42.6 Å². The van der Waals surface area contributed by atoms with Crippen LogP contribution in [0.15, 0.2) is 24.3 Å². The van der Waals surface area contributed by atoms with Gasteiger partial charge in [-0.2, -0.15) is 17.0 Å². The minimum absolute atomic E-state index is 0.00925. The number of hydrogen-bond donors (Lipinski definition) is 1. The van der Waals surface area contributed by atoms with Crippen molar-refractivity contribution in [3.63, 3.8) is 0 Å². The largest absolute Gasteiger partial charge is 0.305 e. The first-order valence-corrected chi connectivity index (χ1v) is 6.62. The molecule has 0 radical (unpaired) electrons. The predicted octanol–water partition coefficient (Wildman–Crippen LogP) is 2.73. The van der Waals surface area contributed by atoms with Gasteiger partial charge in [0.25, 0.3) is 0 Å². The number of nitriles is 1. The van der Waals surface area contributed by atoms with E-state index < -0.39 is 0 Å². The summed E-state index contributed by atoms with van der Waals surface area (Å²) >= 11 is 1.88. The highest BCUT2D eigenvalue weighted by Gasteiger charge is 2.02. The lowest BCUT2D eigenvalue weighted by Crippen LogP contribution is -2.23. The molecule has 0 aliphatic rings. The van der Waals surface area contributed by atoms with Crippen LogP contribution in [0.5, 0.6) is 0 Å². The third-order valence-corrected chi connectivity index (χ3v) is 3.47. The van der Waals surface area contributed by atoms with E-state index in [0.29, 0.717) is 0 Å². The zero-order valence-electron chi connectivity index (χ0n) is 9.86. The summed E-state index contributed by atoms with van der Waals surface area (Å²) in [5, 5.41) is 11.7. The first-order chi connectivity index (χ1) is 7.76. The van der Waals surface area contributed by atoms with Crippen LogP contribution in [-0.2, 0) is 5.75 Å². The molecule has 0 aromatic heterocycles. The van der Waals surface area contributed by atoms with Crippen molar-refractivity contribution >= 4 is 11.8 Å². The molecule has 0 saturated heterocycles. The van der Waals surface area contributed by atoms with Gasteiger partial charge in [-0.3, -0.25) is 0 Å². The van der Waals surface area contributed by atoms with E-state index in [1.807, 2.05) is 18.8 Å². The molecule has 0 bridgehead atoms. The number of nitrogens with zero attached hydrogens (tertiary/aromatic N) is 1. The van der Waals surface area contributed by atoms with Crippen LogP contribution in [0.25, 0.3) is 0 Å². The lowest BCUT2D eigenvalue weighted by molar-refractivity contribution is 0.663. The lowest BCUT2D eigenvalue weighted by Gasteiger charge is -2.07. The molecule has 0 fully saturated rings. The van der Waals surface area contributed by atoms with Gasteiger partial charge in [-0.25, -0.2) is 0 Å². The van der Waals surface area contributed by atoms with Crippen LogP contribution >= 0.6 is 11.8 Å². The normalized spacial score (nSPS) is 12.1. The molecule has 1 N–H and O–H groups in total. The van der Waals surface area contributed by atoms with Crippen molar-refractivity contribution in [2.45, 2.75) is 25.1 Å². The van der Waals surface area contributed by atoms with Crippen LogP contribution in [0.4, 0.5) is 0 Å². The van der Waals surface area contributed by atoms with Gasteiger partial charge in [-0.1, -0.05) is 29.8 Å². The second kappa shape index (κ2) is 7.32. The highest BCUT2D eigenvalue weighted by Crippen LogP contribution is 2.14. The molecule has 2 nitrogen and oxygen atoms in total. The van der Waals surface area contributed by atoms with E-state index in [0.717, 1.165) is 17.9 Å². The number of benzene rings is 1. The standard InChI is InChI=1S/C13H18N2S/c1-11-4-3-5-12(8-11)10-16-7-6-13(9-14)15-2/h3-5,8,13,15H,6-7,10H2,1-2H3. The molecule has 0 aliphatic heterocycles. The maximum atomic E-state index is 8.76. The molecule has 1 atom stereocenters. The molecule has 0 aliphatic carbocycles. The number of nitrogens with one attached hydrogen (secondary N) is 1. The van der Waals surface area contributed by atoms with Gasteiger partial charge in [-0.05, 0) is 31.7 Å². The summed E-state index contributed by atoms with van der Waals surface area (Å²) in [4.78, 5) is 0. The molecule has 86 valence electrons. The Kier molecular flexibility index (Phi) is 5.99. The summed E-state index contributed by atoms with van der Waals surface area (Å²) in [6, 6.07) is 10.8. The number of rotatable bonds is 6. The van der Waals surface area contributed by atoms with Crippen molar-refractivity contribution < 1.29 is 0 Å². The van der Waals surface area contributed by atoms with Gasteiger partial charge in [0.1, 0.15) is 0 Å². The Hall–Kier alpha value is -0.980. The van der Waals surface area contributed by atoms with E-state index in [1.54, 1.807) is 0 Å². The predicted molar refractivity (Wildman–Crippen MR) is 70.4 cm³/mol. The molecule has 0 heterocycles. The van der Waals surface area contributed by atoms with Gasteiger partial charge >= 0.3 is 0 Å². The maximum Gasteiger partial charge on any atom is 0.0958 e. The van der Waals surface area contributed by atoms with E-state index >= 15 is 0 Å². The maximum absolute atomic E-state index is 8.76. The summed E-state index contributed by atoms with van der Waals surface area (Å²) in [5.41, 5.74) is 2.67. The molecule has 0 spiro atoms. The van der Waals surface area contributed by atoms with Crippen LogP contribution in [0.3, 0.4) is 0 Å². The molecule has 1 unspecified atom stereocenters. The summed E-state index contributed by atoms with van der Waals surface area (Å²) in [5.74, 6) is 2.05. The summed E-state index contributed by atoms with van der Waals surface area (Å²) < 4.78 is 0. The summed E-state index contributed by atoms with van der Waals surface area (Å²) in [7, 11) is 1.83. The van der Waals surface area contributed by atoms with Gasteiger partial charge in [0.15, 0.2) is 0 Å².